The van der Waals surface area contributed by atoms with Gasteiger partial charge in [0.15, 0.2) is 0 Å². The summed E-state index contributed by atoms with van der Waals surface area (Å²) in [7, 11) is 0. The Labute approximate surface area is 160 Å². The summed E-state index contributed by atoms with van der Waals surface area (Å²) in [6.07, 6.45) is -2.57. The Hall–Kier alpha value is -1.77. The summed E-state index contributed by atoms with van der Waals surface area (Å²) in [4.78, 5) is 14.5. The maximum Gasteiger partial charge on any atom is 0.416 e. The molecular formula is C19H21F3N2O2S. The summed E-state index contributed by atoms with van der Waals surface area (Å²) in [6, 6.07) is 4.84. The summed E-state index contributed by atoms with van der Waals surface area (Å²) >= 11 is 1.53. The Morgan fingerprint density at radius 3 is 2.78 bits per heavy atom. The number of thioether (sulfide) groups is 1. The summed E-state index contributed by atoms with van der Waals surface area (Å²) < 4.78 is 38.5. The number of alkyl halides is 3. The molecule has 4 nitrogen and oxygen atoms in total. The second kappa shape index (κ2) is 8.08. The molecule has 0 aliphatic carbocycles. The summed E-state index contributed by atoms with van der Waals surface area (Å²) in [5.74, 6) is 0.408. The van der Waals surface area contributed by atoms with Crippen molar-refractivity contribution in [1.29, 1.82) is 0 Å². The molecule has 1 unspecified atom stereocenters. The van der Waals surface area contributed by atoms with Gasteiger partial charge in [0.05, 0.1) is 17.4 Å². The van der Waals surface area contributed by atoms with Crippen LogP contribution >= 0.6 is 11.8 Å². The molecule has 1 atom stereocenters. The third-order valence-corrected chi connectivity index (χ3v) is 5.89. The third kappa shape index (κ3) is 4.94. The van der Waals surface area contributed by atoms with Gasteiger partial charge in [0.2, 0.25) is 5.91 Å². The molecule has 0 fully saturated rings. The van der Waals surface area contributed by atoms with Crippen molar-refractivity contribution in [3.8, 4) is 0 Å². The molecule has 2 N–H and O–H groups in total. The van der Waals surface area contributed by atoms with Crippen molar-refractivity contribution in [2.24, 2.45) is 0 Å². The van der Waals surface area contributed by atoms with Crippen molar-refractivity contribution in [2.75, 3.05) is 25.4 Å². The van der Waals surface area contributed by atoms with Gasteiger partial charge in [0.25, 0.3) is 0 Å². The minimum atomic E-state index is -4.42. The van der Waals surface area contributed by atoms with Gasteiger partial charge in [-0.15, -0.1) is 11.8 Å². The van der Waals surface area contributed by atoms with Crippen LogP contribution in [0.3, 0.4) is 0 Å². The number of amides is 1. The van der Waals surface area contributed by atoms with Gasteiger partial charge in [0.1, 0.15) is 0 Å². The van der Waals surface area contributed by atoms with Gasteiger partial charge in [-0.05, 0) is 36.6 Å². The van der Waals surface area contributed by atoms with Crippen LogP contribution in [0.2, 0.25) is 0 Å². The first kappa shape index (κ1) is 20.0. The van der Waals surface area contributed by atoms with Crippen LogP contribution in [0.1, 0.15) is 30.6 Å². The standard InChI is InChI=1S/C19H21F3N2O2S/c1-12-18(27-11-17(26)23-12)13-5-7-24(8-6-13)10-16(25)14-3-2-4-15(9-14)19(20,21)22/h2-5,9,16,25H,6-8,10-11H2,1H3,(H,23,26). The van der Waals surface area contributed by atoms with E-state index in [9.17, 15) is 23.1 Å². The Kier molecular flexibility index (Phi) is 5.98. The molecule has 0 aromatic heterocycles. The van der Waals surface area contributed by atoms with E-state index in [1.807, 2.05) is 11.8 Å². The first-order valence-electron chi connectivity index (χ1n) is 8.64. The molecule has 3 rings (SSSR count). The highest BCUT2D eigenvalue weighted by molar-refractivity contribution is 8.04. The van der Waals surface area contributed by atoms with E-state index in [2.05, 4.69) is 11.4 Å². The van der Waals surface area contributed by atoms with Crippen molar-refractivity contribution in [2.45, 2.75) is 25.6 Å². The van der Waals surface area contributed by atoms with Gasteiger partial charge < -0.3 is 10.4 Å². The zero-order valence-electron chi connectivity index (χ0n) is 14.8. The van der Waals surface area contributed by atoms with Crippen LogP contribution in [-0.4, -0.2) is 41.3 Å². The largest absolute Gasteiger partial charge is 0.416 e. The van der Waals surface area contributed by atoms with Gasteiger partial charge in [-0.1, -0.05) is 18.2 Å². The van der Waals surface area contributed by atoms with Crippen LogP contribution < -0.4 is 5.32 Å². The van der Waals surface area contributed by atoms with Gasteiger partial charge in [0, 0.05) is 30.2 Å². The summed E-state index contributed by atoms with van der Waals surface area (Å²) in [6.45, 7) is 3.46. The number of aliphatic hydroxyl groups is 1. The number of carbonyl (C=O) groups excluding carboxylic acids is 1. The first-order chi connectivity index (χ1) is 12.7. The molecule has 0 saturated heterocycles. The molecular weight excluding hydrogens is 377 g/mol. The highest BCUT2D eigenvalue weighted by atomic mass is 32.2. The third-order valence-electron chi connectivity index (χ3n) is 4.63. The fourth-order valence-corrected chi connectivity index (χ4v) is 4.22. The Balaban J connectivity index is 1.63. The summed E-state index contributed by atoms with van der Waals surface area (Å²) in [5.41, 5.74) is 1.55. The molecule has 1 aromatic rings. The average molecular weight is 398 g/mol. The van der Waals surface area contributed by atoms with E-state index in [-0.39, 0.29) is 18.0 Å². The van der Waals surface area contributed by atoms with Crippen molar-refractivity contribution in [3.63, 3.8) is 0 Å². The summed E-state index contributed by atoms with van der Waals surface area (Å²) in [5, 5.41) is 13.2. The van der Waals surface area contributed by atoms with Gasteiger partial charge in [-0.3, -0.25) is 9.69 Å². The molecule has 2 heterocycles. The molecule has 2 aliphatic rings. The number of aliphatic hydroxyl groups excluding tert-OH is 1. The van der Waals surface area contributed by atoms with E-state index < -0.39 is 17.8 Å². The lowest BCUT2D eigenvalue weighted by molar-refractivity contribution is -0.137. The molecule has 0 bridgehead atoms. The molecule has 0 radical (unpaired) electrons. The SMILES string of the molecule is CC1=C(C2=CCN(CC(O)c3cccc(C(F)(F)F)c3)CC2)SCC(=O)N1. The average Bonchev–Trinajstić information content (AvgIpc) is 2.62. The van der Waals surface area contributed by atoms with Crippen molar-refractivity contribution in [1.82, 2.24) is 10.2 Å². The van der Waals surface area contributed by atoms with Gasteiger partial charge in [-0.2, -0.15) is 13.2 Å². The maximum atomic E-state index is 12.8. The molecule has 1 amide bonds. The topological polar surface area (TPSA) is 52.6 Å². The zero-order valence-corrected chi connectivity index (χ0v) is 15.7. The Morgan fingerprint density at radius 1 is 1.37 bits per heavy atom. The Morgan fingerprint density at radius 2 is 2.15 bits per heavy atom. The molecule has 0 saturated carbocycles. The minimum Gasteiger partial charge on any atom is -0.387 e. The van der Waals surface area contributed by atoms with Crippen LogP contribution in [0.25, 0.3) is 0 Å². The Bertz CT molecular complexity index is 789. The number of rotatable bonds is 4. The van der Waals surface area contributed by atoms with Gasteiger partial charge in [-0.25, -0.2) is 0 Å². The monoisotopic (exact) mass is 398 g/mol. The van der Waals surface area contributed by atoms with E-state index in [0.717, 1.165) is 29.2 Å². The quantitative estimate of drug-likeness (QED) is 0.816. The van der Waals surface area contributed by atoms with Crippen LogP contribution in [-0.2, 0) is 11.0 Å². The molecule has 2 aliphatic heterocycles. The lowest BCUT2D eigenvalue weighted by atomic mass is 10.0. The van der Waals surface area contributed by atoms with E-state index in [1.165, 1.54) is 29.5 Å². The first-order valence-corrected chi connectivity index (χ1v) is 9.63. The lowest BCUT2D eigenvalue weighted by Gasteiger charge is -2.30. The number of benzene rings is 1. The normalized spacial score (nSPS) is 20.3. The van der Waals surface area contributed by atoms with Crippen LogP contribution in [0, 0.1) is 0 Å². The van der Waals surface area contributed by atoms with E-state index in [4.69, 9.17) is 0 Å². The fraction of sp³-hybridized carbons (Fsp3) is 0.421. The fourth-order valence-electron chi connectivity index (χ4n) is 3.24. The number of nitrogens with zero attached hydrogens (tertiary/aromatic N) is 1. The molecule has 146 valence electrons. The highest BCUT2D eigenvalue weighted by Crippen LogP contribution is 2.34. The van der Waals surface area contributed by atoms with Crippen molar-refractivity contribution < 1.29 is 23.1 Å². The second-order valence-corrected chi connectivity index (χ2v) is 7.65. The number of hydrogen-bond acceptors (Lipinski definition) is 4. The maximum absolute atomic E-state index is 12.8. The predicted molar refractivity (Wildman–Crippen MR) is 98.8 cm³/mol. The molecule has 8 heteroatoms. The van der Waals surface area contributed by atoms with Crippen molar-refractivity contribution >= 4 is 17.7 Å². The zero-order chi connectivity index (χ0) is 19.6. The highest BCUT2D eigenvalue weighted by Gasteiger charge is 2.31. The minimum absolute atomic E-state index is 0.00324. The lowest BCUT2D eigenvalue weighted by Crippen LogP contribution is -2.34. The number of β-amino-alcohol motifs (C(OH)–C–C–N with tert-alkyl or cyclic N) is 1. The van der Waals surface area contributed by atoms with Crippen LogP contribution in [0.5, 0.6) is 0 Å². The van der Waals surface area contributed by atoms with E-state index >= 15 is 0 Å². The smallest absolute Gasteiger partial charge is 0.387 e. The van der Waals surface area contributed by atoms with Gasteiger partial charge >= 0.3 is 6.18 Å². The van der Waals surface area contributed by atoms with Crippen LogP contribution in [0.15, 0.2) is 46.5 Å². The number of allylic oxidation sites excluding steroid dienone is 2. The predicted octanol–water partition coefficient (Wildman–Crippen LogP) is 3.47. The van der Waals surface area contributed by atoms with Crippen molar-refractivity contribution in [3.05, 3.63) is 57.6 Å². The second-order valence-electron chi connectivity index (χ2n) is 6.67. The number of carbonyl (C=O) groups is 1. The molecule has 27 heavy (non-hydrogen) atoms. The number of hydrogen-bond donors (Lipinski definition) is 2. The number of halogens is 3. The number of nitrogens with one attached hydrogen (secondary N) is 1. The molecule has 1 aromatic carbocycles. The van der Waals surface area contributed by atoms with E-state index in [1.54, 1.807) is 0 Å². The molecule has 0 spiro atoms. The van der Waals surface area contributed by atoms with E-state index in [0.29, 0.717) is 18.8 Å². The van der Waals surface area contributed by atoms with Crippen LogP contribution in [0.4, 0.5) is 13.2 Å².